The SMILES string of the molecule is CCc1ccc(C(C)CC(=O)O)cc1. The van der Waals surface area contributed by atoms with Crippen LogP contribution in [0.15, 0.2) is 24.3 Å². The van der Waals surface area contributed by atoms with E-state index in [9.17, 15) is 4.79 Å². The van der Waals surface area contributed by atoms with E-state index in [0.29, 0.717) is 0 Å². The summed E-state index contributed by atoms with van der Waals surface area (Å²) in [5.74, 6) is -0.643. The Bertz CT molecular complexity index is 301. The number of benzene rings is 1. The van der Waals surface area contributed by atoms with Crippen molar-refractivity contribution in [2.75, 3.05) is 0 Å². The molecule has 0 saturated carbocycles. The molecule has 0 fully saturated rings. The van der Waals surface area contributed by atoms with Crippen LogP contribution in [0.25, 0.3) is 0 Å². The summed E-state index contributed by atoms with van der Waals surface area (Å²) in [4.78, 5) is 10.5. The Balaban J connectivity index is 2.71. The van der Waals surface area contributed by atoms with Crippen molar-refractivity contribution in [2.24, 2.45) is 0 Å². The van der Waals surface area contributed by atoms with Gasteiger partial charge >= 0.3 is 5.97 Å². The second-order valence-corrected chi connectivity index (χ2v) is 3.59. The maximum atomic E-state index is 10.5. The second kappa shape index (κ2) is 4.80. The molecule has 0 aliphatic heterocycles. The van der Waals surface area contributed by atoms with Crippen LogP contribution in [0.5, 0.6) is 0 Å². The first-order valence-electron chi connectivity index (χ1n) is 4.94. The third kappa shape index (κ3) is 2.87. The van der Waals surface area contributed by atoms with Gasteiger partial charge in [0, 0.05) is 0 Å². The minimum atomic E-state index is -0.739. The summed E-state index contributed by atoms with van der Waals surface area (Å²) < 4.78 is 0. The van der Waals surface area contributed by atoms with Gasteiger partial charge in [0.05, 0.1) is 6.42 Å². The molecule has 1 N–H and O–H groups in total. The zero-order valence-electron chi connectivity index (χ0n) is 8.66. The van der Waals surface area contributed by atoms with Gasteiger partial charge in [-0.05, 0) is 23.5 Å². The quantitative estimate of drug-likeness (QED) is 0.796. The predicted octanol–water partition coefficient (Wildman–Crippen LogP) is 2.83. The largest absolute Gasteiger partial charge is 0.481 e. The molecule has 0 aliphatic carbocycles. The number of aryl methyl sites for hydroxylation is 1. The molecule has 76 valence electrons. The zero-order valence-corrected chi connectivity index (χ0v) is 8.66. The van der Waals surface area contributed by atoms with Gasteiger partial charge in [0.2, 0.25) is 0 Å². The van der Waals surface area contributed by atoms with Crippen LogP contribution in [0.4, 0.5) is 0 Å². The fourth-order valence-corrected chi connectivity index (χ4v) is 1.46. The fraction of sp³-hybridized carbons (Fsp3) is 0.417. The highest BCUT2D eigenvalue weighted by Crippen LogP contribution is 2.19. The molecule has 0 heterocycles. The molecule has 2 nitrogen and oxygen atoms in total. The summed E-state index contributed by atoms with van der Waals surface area (Å²) in [6.07, 6.45) is 1.22. The highest BCUT2D eigenvalue weighted by molar-refractivity contribution is 5.67. The summed E-state index contributed by atoms with van der Waals surface area (Å²) in [5, 5.41) is 8.65. The van der Waals surface area contributed by atoms with E-state index in [1.165, 1.54) is 5.56 Å². The van der Waals surface area contributed by atoms with Crippen LogP contribution >= 0.6 is 0 Å². The minimum absolute atomic E-state index is 0.0957. The first kappa shape index (κ1) is 10.8. The average molecular weight is 192 g/mol. The van der Waals surface area contributed by atoms with Gasteiger partial charge in [0.1, 0.15) is 0 Å². The van der Waals surface area contributed by atoms with E-state index >= 15 is 0 Å². The van der Waals surface area contributed by atoms with Gasteiger partial charge in [0.25, 0.3) is 0 Å². The summed E-state index contributed by atoms with van der Waals surface area (Å²) in [7, 11) is 0. The van der Waals surface area contributed by atoms with E-state index in [0.717, 1.165) is 12.0 Å². The molecule has 1 unspecified atom stereocenters. The van der Waals surface area contributed by atoms with Crippen molar-refractivity contribution in [3.8, 4) is 0 Å². The third-order valence-electron chi connectivity index (χ3n) is 2.44. The second-order valence-electron chi connectivity index (χ2n) is 3.59. The molecule has 1 aromatic rings. The van der Waals surface area contributed by atoms with Gasteiger partial charge in [-0.25, -0.2) is 0 Å². The van der Waals surface area contributed by atoms with Crippen molar-refractivity contribution in [1.82, 2.24) is 0 Å². The van der Waals surface area contributed by atoms with Crippen molar-refractivity contribution >= 4 is 5.97 Å². The first-order chi connectivity index (χ1) is 6.63. The molecule has 0 spiro atoms. The monoisotopic (exact) mass is 192 g/mol. The molecule has 0 bridgehead atoms. The Morgan fingerprint density at radius 2 is 1.93 bits per heavy atom. The van der Waals surface area contributed by atoms with Crippen molar-refractivity contribution in [2.45, 2.75) is 32.6 Å². The lowest BCUT2D eigenvalue weighted by Crippen LogP contribution is -2.02. The van der Waals surface area contributed by atoms with Crippen molar-refractivity contribution in [3.05, 3.63) is 35.4 Å². The maximum Gasteiger partial charge on any atom is 0.303 e. The van der Waals surface area contributed by atoms with E-state index in [1.54, 1.807) is 0 Å². The molecular weight excluding hydrogens is 176 g/mol. The molecule has 14 heavy (non-hydrogen) atoms. The van der Waals surface area contributed by atoms with Gasteiger partial charge in [-0.3, -0.25) is 4.79 Å². The number of aliphatic carboxylic acids is 1. The van der Waals surface area contributed by atoms with E-state index in [1.807, 2.05) is 19.1 Å². The number of carboxylic acid groups (broad SMARTS) is 1. The van der Waals surface area contributed by atoms with Gasteiger partial charge in [-0.15, -0.1) is 0 Å². The molecule has 1 rings (SSSR count). The Labute approximate surface area is 84.6 Å². The van der Waals surface area contributed by atoms with Crippen molar-refractivity contribution in [3.63, 3.8) is 0 Å². The number of carboxylic acids is 1. The molecule has 0 radical (unpaired) electrons. The highest BCUT2D eigenvalue weighted by atomic mass is 16.4. The summed E-state index contributed by atoms with van der Waals surface area (Å²) in [6, 6.07) is 8.17. The number of hydrogen-bond donors (Lipinski definition) is 1. The lowest BCUT2D eigenvalue weighted by atomic mass is 9.96. The Morgan fingerprint density at radius 1 is 1.36 bits per heavy atom. The molecule has 0 saturated heterocycles. The Kier molecular flexibility index (Phi) is 3.69. The van der Waals surface area contributed by atoms with E-state index < -0.39 is 5.97 Å². The zero-order chi connectivity index (χ0) is 10.6. The van der Waals surface area contributed by atoms with Gasteiger partial charge in [-0.1, -0.05) is 38.1 Å². The van der Waals surface area contributed by atoms with Crippen LogP contribution in [0.3, 0.4) is 0 Å². The van der Waals surface area contributed by atoms with E-state index in [4.69, 9.17) is 5.11 Å². The van der Waals surface area contributed by atoms with Gasteiger partial charge in [-0.2, -0.15) is 0 Å². The predicted molar refractivity (Wildman–Crippen MR) is 56.5 cm³/mol. The molecule has 2 heteroatoms. The van der Waals surface area contributed by atoms with Gasteiger partial charge < -0.3 is 5.11 Å². The standard InChI is InChI=1S/C12H16O2/c1-3-10-4-6-11(7-5-10)9(2)8-12(13)14/h4-7,9H,3,8H2,1-2H3,(H,13,14). The minimum Gasteiger partial charge on any atom is -0.481 e. The van der Waals surface area contributed by atoms with Crippen LogP contribution in [0.2, 0.25) is 0 Å². The maximum absolute atomic E-state index is 10.5. The molecule has 0 aromatic heterocycles. The summed E-state index contributed by atoms with van der Waals surface area (Å²) in [5.41, 5.74) is 2.39. The van der Waals surface area contributed by atoms with Crippen molar-refractivity contribution < 1.29 is 9.90 Å². The molecule has 0 amide bonds. The van der Waals surface area contributed by atoms with Crippen LogP contribution in [-0.2, 0) is 11.2 Å². The summed E-state index contributed by atoms with van der Waals surface area (Å²) >= 11 is 0. The molecule has 1 atom stereocenters. The number of rotatable bonds is 4. The molecule has 1 aromatic carbocycles. The van der Waals surface area contributed by atoms with Crippen LogP contribution in [0, 0.1) is 0 Å². The highest BCUT2D eigenvalue weighted by Gasteiger charge is 2.09. The number of carbonyl (C=O) groups is 1. The smallest absolute Gasteiger partial charge is 0.303 e. The topological polar surface area (TPSA) is 37.3 Å². The van der Waals surface area contributed by atoms with Crippen molar-refractivity contribution in [1.29, 1.82) is 0 Å². The molecular formula is C12H16O2. The average Bonchev–Trinajstić information content (AvgIpc) is 2.17. The fourth-order valence-electron chi connectivity index (χ4n) is 1.46. The van der Waals surface area contributed by atoms with Gasteiger partial charge in [0.15, 0.2) is 0 Å². The van der Waals surface area contributed by atoms with E-state index in [2.05, 4.69) is 19.1 Å². The normalized spacial score (nSPS) is 12.4. The number of hydrogen-bond acceptors (Lipinski definition) is 1. The Morgan fingerprint density at radius 3 is 2.36 bits per heavy atom. The lowest BCUT2D eigenvalue weighted by Gasteiger charge is -2.09. The van der Waals surface area contributed by atoms with E-state index in [-0.39, 0.29) is 12.3 Å². The Hall–Kier alpha value is -1.31. The lowest BCUT2D eigenvalue weighted by molar-refractivity contribution is -0.137. The van der Waals surface area contributed by atoms with Crippen LogP contribution in [-0.4, -0.2) is 11.1 Å². The first-order valence-corrected chi connectivity index (χ1v) is 4.94. The summed E-state index contributed by atoms with van der Waals surface area (Å²) in [6.45, 7) is 4.05. The third-order valence-corrected chi connectivity index (χ3v) is 2.44. The van der Waals surface area contributed by atoms with Crippen LogP contribution in [0.1, 0.15) is 37.3 Å². The molecule has 0 aliphatic rings. The van der Waals surface area contributed by atoms with Crippen LogP contribution < -0.4 is 0 Å².